The highest BCUT2D eigenvalue weighted by molar-refractivity contribution is 6.07. The lowest BCUT2D eigenvalue weighted by molar-refractivity contribution is 0.102. The van der Waals surface area contributed by atoms with E-state index >= 15 is 0 Å². The fraction of sp³-hybridized carbons (Fsp3) is 0.263. The van der Waals surface area contributed by atoms with Crippen LogP contribution in [0.2, 0.25) is 0 Å². The summed E-state index contributed by atoms with van der Waals surface area (Å²) < 4.78 is 0. The first-order valence-electron chi connectivity index (χ1n) is 8.58. The molecule has 1 amide bonds. The Hall–Kier alpha value is -3.02. The Kier molecular flexibility index (Phi) is 4.01. The third-order valence-electron chi connectivity index (χ3n) is 4.61. The molecule has 128 valence electrons. The van der Waals surface area contributed by atoms with E-state index in [4.69, 9.17) is 0 Å². The minimum absolute atomic E-state index is 0.156. The number of nitrogens with zero attached hydrogens (tertiary/aromatic N) is 1. The fourth-order valence-corrected chi connectivity index (χ4v) is 3.35. The summed E-state index contributed by atoms with van der Waals surface area (Å²) in [5.74, 6) is -0.156. The van der Waals surface area contributed by atoms with Gasteiger partial charge in [0.15, 0.2) is 0 Å². The van der Waals surface area contributed by atoms with Gasteiger partial charge in [0.1, 0.15) is 0 Å². The van der Waals surface area contributed by atoms with Gasteiger partial charge in [0.25, 0.3) is 5.91 Å². The number of aromatic nitrogens is 2. The third-order valence-corrected chi connectivity index (χ3v) is 4.61. The van der Waals surface area contributed by atoms with E-state index in [1.165, 1.54) is 6.42 Å². The summed E-state index contributed by atoms with van der Waals surface area (Å²) in [6.45, 7) is 1.91. The smallest absolute Gasteiger partial charge is 0.323 e. The molecular weight excluding hydrogens is 316 g/mol. The number of hydrogen-bond acceptors (Lipinski definition) is 3. The maximum Gasteiger partial charge on any atom is 0.323 e. The van der Waals surface area contributed by atoms with Gasteiger partial charge in [0.05, 0.1) is 22.4 Å². The molecule has 3 aromatic rings. The number of amides is 1. The standard InChI is InChI=1S/C19H20N4O2/c24-18(13-7-3-1-4-8-13)20-16-11-14-15(22-19(25)21-14)12-17(16)23-9-5-2-6-10-23/h1,3-4,7-8,11-12H,2,5-6,9-10H2,(H,20,24)(H2,21,22,25). The summed E-state index contributed by atoms with van der Waals surface area (Å²) in [5.41, 5.74) is 3.48. The van der Waals surface area contributed by atoms with Gasteiger partial charge in [-0.2, -0.15) is 0 Å². The highest BCUT2D eigenvalue weighted by Gasteiger charge is 2.18. The summed E-state index contributed by atoms with van der Waals surface area (Å²) in [6, 6.07) is 12.9. The number of imidazole rings is 1. The molecule has 0 saturated carbocycles. The molecule has 1 fully saturated rings. The molecule has 25 heavy (non-hydrogen) atoms. The summed E-state index contributed by atoms with van der Waals surface area (Å²) in [5, 5.41) is 3.01. The summed E-state index contributed by atoms with van der Waals surface area (Å²) >= 11 is 0. The fourth-order valence-electron chi connectivity index (χ4n) is 3.35. The van der Waals surface area contributed by atoms with Crippen molar-refractivity contribution in [1.29, 1.82) is 0 Å². The van der Waals surface area contributed by atoms with Gasteiger partial charge in [0, 0.05) is 18.7 Å². The van der Waals surface area contributed by atoms with Gasteiger partial charge in [-0.25, -0.2) is 4.79 Å². The molecule has 1 aromatic heterocycles. The van der Waals surface area contributed by atoms with Crippen LogP contribution in [0.3, 0.4) is 0 Å². The summed E-state index contributed by atoms with van der Waals surface area (Å²) in [6.07, 6.45) is 3.49. The van der Waals surface area contributed by atoms with E-state index in [9.17, 15) is 9.59 Å². The molecule has 4 rings (SSSR count). The SMILES string of the molecule is O=C(Nc1cc2[nH]c(=O)[nH]c2cc1N1CCCCC1)c1ccccc1. The summed E-state index contributed by atoms with van der Waals surface area (Å²) in [7, 11) is 0. The van der Waals surface area contributed by atoms with Crippen molar-refractivity contribution in [2.75, 3.05) is 23.3 Å². The van der Waals surface area contributed by atoms with Crippen LogP contribution in [0.4, 0.5) is 11.4 Å². The largest absolute Gasteiger partial charge is 0.370 e. The van der Waals surface area contributed by atoms with Gasteiger partial charge >= 0.3 is 5.69 Å². The zero-order chi connectivity index (χ0) is 17.2. The number of benzene rings is 2. The average molecular weight is 336 g/mol. The monoisotopic (exact) mass is 336 g/mol. The lowest BCUT2D eigenvalue weighted by Crippen LogP contribution is -2.30. The van der Waals surface area contributed by atoms with Crippen LogP contribution in [0.5, 0.6) is 0 Å². The molecule has 6 heteroatoms. The average Bonchev–Trinajstić information content (AvgIpc) is 3.01. The Morgan fingerprint density at radius 2 is 1.64 bits per heavy atom. The quantitative estimate of drug-likeness (QED) is 0.687. The van der Waals surface area contributed by atoms with Crippen LogP contribution in [0, 0.1) is 0 Å². The van der Waals surface area contributed by atoms with Crippen LogP contribution in [-0.2, 0) is 0 Å². The van der Waals surface area contributed by atoms with Crippen molar-refractivity contribution in [3.63, 3.8) is 0 Å². The number of hydrogen-bond donors (Lipinski definition) is 3. The van der Waals surface area contributed by atoms with Crippen molar-refractivity contribution in [1.82, 2.24) is 9.97 Å². The highest BCUT2D eigenvalue weighted by atomic mass is 16.2. The maximum atomic E-state index is 12.6. The van der Waals surface area contributed by atoms with Gasteiger partial charge in [-0.1, -0.05) is 18.2 Å². The molecule has 1 aliphatic heterocycles. The van der Waals surface area contributed by atoms with Crippen LogP contribution < -0.4 is 15.9 Å². The van der Waals surface area contributed by atoms with E-state index in [2.05, 4.69) is 20.2 Å². The van der Waals surface area contributed by atoms with Crippen LogP contribution in [0.15, 0.2) is 47.3 Å². The van der Waals surface area contributed by atoms with Crippen molar-refractivity contribution in [2.24, 2.45) is 0 Å². The van der Waals surface area contributed by atoms with Gasteiger partial charge in [-0.3, -0.25) is 4.79 Å². The van der Waals surface area contributed by atoms with Gasteiger partial charge in [0.2, 0.25) is 0 Å². The molecule has 2 aromatic carbocycles. The van der Waals surface area contributed by atoms with Crippen molar-refractivity contribution in [3.8, 4) is 0 Å². The minimum Gasteiger partial charge on any atom is -0.370 e. The number of piperidine rings is 1. The molecule has 2 heterocycles. The van der Waals surface area contributed by atoms with Crippen molar-refractivity contribution >= 4 is 28.3 Å². The van der Waals surface area contributed by atoms with E-state index < -0.39 is 0 Å². The van der Waals surface area contributed by atoms with Gasteiger partial charge < -0.3 is 20.2 Å². The van der Waals surface area contributed by atoms with Crippen molar-refractivity contribution in [2.45, 2.75) is 19.3 Å². The normalized spacial score (nSPS) is 14.6. The topological polar surface area (TPSA) is 81.0 Å². The second-order valence-electron chi connectivity index (χ2n) is 6.36. The molecular formula is C19H20N4O2. The van der Waals surface area contributed by atoms with Crippen LogP contribution in [-0.4, -0.2) is 29.0 Å². The zero-order valence-electron chi connectivity index (χ0n) is 13.8. The number of rotatable bonds is 3. The molecule has 0 atom stereocenters. The second-order valence-corrected chi connectivity index (χ2v) is 6.36. The molecule has 1 saturated heterocycles. The van der Waals surface area contributed by atoms with E-state index in [1.54, 1.807) is 12.1 Å². The Bertz CT molecular complexity index is 952. The molecule has 0 radical (unpaired) electrons. The Labute approximate surface area is 144 Å². The Balaban J connectivity index is 1.74. The van der Waals surface area contributed by atoms with Crippen LogP contribution >= 0.6 is 0 Å². The predicted molar refractivity (Wildman–Crippen MR) is 99.4 cm³/mol. The highest BCUT2D eigenvalue weighted by Crippen LogP contribution is 2.32. The first-order valence-corrected chi connectivity index (χ1v) is 8.58. The van der Waals surface area contributed by atoms with Crippen LogP contribution in [0.25, 0.3) is 11.0 Å². The van der Waals surface area contributed by atoms with Crippen molar-refractivity contribution in [3.05, 3.63) is 58.5 Å². The number of aromatic amines is 2. The van der Waals surface area contributed by atoms with E-state index in [0.717, 1.165) is 42.8 Å². The second kappa shape index (κ2) is 6.47. The molecule has 0 bridgehead atoms. The molecule has 6 nitrogen and oxygen atoms in total. The maximum absolute atomic E-state index is 12.6. The van der Waals surface area contributed by atoms with Crippen LogP contribution in [0.1, 0.15) is 29.6 Å². The lowest BCUT2D eigenvalue weighted by atomic mass is 10.1. The molecule has 0 spiro atoms. The first-order chi connectivity index (χ1) is 12.2. The first kappa shape index (κ1) is 15.5. The Morgan fingerprint density at radius 3 is 2.36 bits per heavy atom. The van der Waals surface area contributed by atoms with Crippen molar-refractivity contribution < 1.29 is 4.79 Å². The van der Waals surface area contributed by atoms with Gasteiger partial charge in [-0.15, -0.1) is 0 Å². The third kappa shape index (κ3) is 3.15. The number of nitrogens with one attached hydrogen (secondary N) is 3. The summed E-state index contributed by atoms with van der Waals surface area (Å²) in [4.78, 5) is 32.0. The number of fused-ring (bicyclic) bond motifs is 1. The number of H-pyrrole nitrogens is 2. The van der Waals surface area contributed by atoms with Gasteiger partial charge in [-0.05, 0) is 43.5 Å². The Morgan fingerprint density at radius 1 is 0.960 bits per heavy atom. The minimum atomic E-state index is -0.244. The number of anilines is 2. The molecule has 3 N–H and O–H groups in total. The van der Waals surface area contributed by atoms with E-state index in [0.29, 0.717) is 11.1 Å². The molecule has 0 unspecified atom stereocenters. The van der Waals surface area contributed by atoms with E-state index in [1.807, 2.05) is 30.3 Å². The number of carbonyl (C=O) groups is 1. The number of carbonyl (C=O) groups excluding carboxylic acids is 1. The zero-order valence-corrected chi connectivity index (χ0v) is 13.8. The predicted octanol–water partition coefficient (Wildman–Crippen LogP) is 3.10. The molecule has 1 aliphatic rings. The van der Waals surface area contributed by atoms with E-state index in [-0.39, 0.29) is 11.6 Å². The lowest BCUT2D eigenvalue weighted by Gasteiger charge is -2.30. The molecule has 0 aliphatic carbocycles.